The molecule has 0 radical (unpaired) electrons. The minimum absolute atomic E-state index is 0.00449. The first-order valence-electron chi connectivity index (χ1n) is 5.70. The molecule has 2 aromatic rings. The second kappa shape index (κ2) is 5.64. The molecule has 2 aromatic carbocycles. The van der Waals surface area contributed by atoms with Crippen molar-refractivity contribution in [2.24, 2.45) is 0 Å². The number of hydrogen-bond donors (Lipinski definition) is 0. The second-order valence-electron chi connectivity index (χ2n) is 4.12. The van der Waals surface area contributed by atoms with Crippen LogP contribution >= 0.6 is 11.6 Å². The SMILES string of the molecule is Cc1ccc(S(=O)(=O)Oc2ccccc2C(=O)Cl)cc1. The van der Waals surface area contributed by atoms with Crippen LogP contribution in [0, 0.1) is 6.92 Å². The van der Waals surface area contributed by atoms with Crippen molar-refractivity contribution >= 4 is 27.0 Å². The zero-order valence-corrected chi connectivity index (χ0v) is 12.1. The Kier molecular flexibility index (Phi) is 4.11. The smallest absolute Gasteiger partial charge is 0.339 e. The van der Waals surface area contributed by atoms with Crippen molar-refractivity contribution < 1.29 is 17.4 Å². The molecule has 6 heteroatoms. The van der Waals surface area contributed by atoms with Gasteiger partial charge in [0.15, 0.2) is 5.75 Å². The first kappa shape index (κ1) is 14.6. The van der Waals surface area contributed by atoms with Crippen LogP contribution in [0.15, 0.2) is 53.4 Å². The second-order valence-corrected chi connectivity index (χ2v) is 6.01. The van der Waals surface area contributed by atoms with Crippen LogP contribution < -0.4 is 4.18 Å². The van der Waals surface area contributed by atoms with Gasteiger partial charge in [0, 0.05) is 0 Å². The molecule has 0 spiro atoms. The lowest BCUT2D eigenvalue weighted by Crippen LogP contribution is -2.11. The van der Waals surface area contributed by atoms with Gasteiger partial charge >= 0.3 is 10.1 Å². The van der Waals surface area contributed by atoms with Gasteiger partial charge < -0.3 is 4.18 Å². The molecular weight excluding hydrogens is 300 g/mol. The van der Waals surface area contributed by atoms with Crippen molar-refractivity contribution in [3.8, 4) is 5.75 Å². The normalized spacial score (nSPS) is 11.1. The van der Waals surface area contributed by atoms with Crippen molar-refractivity contribution in [2.75, 3.05) is 0 Å². The summed E-state index contributed by atoms with van der Waals surface area (Å²) in [7, 11) is -4.00. The summed E-state index contributed by atoms with van der Waals surface area (Å²) in [4.78, 5) is 11.2. The minimum atomic E-state index is -4.00. The molecular formula is C14H11ClO4S. The summed E-state index contributed by atoms with van der Waals surface area (Å²) in [5.41, 5.74) is 0.935. The Morgan fingerprint density at radius 3 is 2.25 bits per heavy atom. The third kappa shape index (κ3) is 3.18. The number of rotatable bonds is 4. The summed E-state index contributed by atoms with van der Waals surface area (Å²) in [6, 6.07) is 12.1. The highest BCUT2D eigenvalue weighted by molar-refractivity contribution is 7.87. The highest BCUT2D eigenvalue weighted by Crippen LogP contribution is 2.24. The number of carbonyl (C=O) groups excluding carboxylic acids is 1. The van der Waals surface area contributed by atoms with E-state index < -0.39 is 15.4 Å². The van der Waals surface area contributed by atoms with Gasteiger partial charge in [0.1, 0.15) is 4.90 Å². The van der Waals surface area contributed by atoms with Gasteiger partial charge in [-0.05, 0) is 42.8 Å². The number of para-hydroxylation sites is 1. The highest BCUT2D eigenvalue weighted by Gasteiger charge is 2.19. The molecule has 0 saturated carbocycles. The Bertz CT molecular complexity index is 736. The molecule has 0 heterocycles. The minimum Gasteiger partial charge on any atom is -0.378 e. The molecule has 0 atom stereocenters. The highest BCUT2D eigenvalue weighted by atomic mass is 35.5. The summed E-state index contributed by atoms with van der Waals surface area (Å²) in [5.74, 6) is -0.0897. The van der Waals surface area contributed by atoms with Gasteiger partial charge in [-0.3, -0.25) is 4.79 Å². The number of carbonyl (C=O) groups is 1. The van der Waals surface area contributed by atoms with Crippen LogP contribution in [-0.2, 0) is 10.1 Å². The zero-order valence-electron chi connectivity index (χ0n) is 10.5. The molecule has 4 nitrogen and oxygen atoms in total. The van der Waals surface area contributed by atoms with E-state index >= 15 is 0 Å². The molecule has 0 aromatic heterocycles. The number of halogens is 1. The standard InChI is InChI=1S/C14H11ClO4S/c1-10-6-8-11(9-7-10)20(17,18)19-13-5-3-2-4-12(13)14(15)16/h2-9H,1H3. The first-order valence-corrected chi connectivity index (χ1v) is 7.49. The van der Waals surface area contributed by atoms with E-state index in [0.717, 1.165) is 5.56 Å². The summed E-state index contributed by atoms with van der Waals surface area (Å²) >= 11 is 5.39. The first-order chi connectivity index (χ1) is 9.40. The van der Waals surface area contributed by atoms with Gasteiger partial charge in [-0.25, -0.2) is 0 Å². The molecule has 20 heavy (non-hydrogen) atoms. The maximum atomic E-state index is 12.1. The lowest BCUT2D eigenvalue weighted by molar-refractivity contribution is 0.108. The van der Waals surface area contributed by atoms with E-state index in [9.17, 15) is 13.2 Å². The lowest BCUT2D eigenvalue weighted by Gasteiger charge is -2.09. The Morgan fingerprint density at radius 2 is 1.65 bits per heavy atom. The van der Waals surface area contributed by atoms with E-state index in [1.54, 1.807) is 24.3 Å². The summed E-state index contributed by atoms with van der Waals surface area (Å²) < 4.78 is 29.2. The van der Waals surface area contributed by atoms with Gasteiger partial charge in [-0.2, -0.15) is 8.42 Å². The number of hydrogen-bond acceptors (Lipinski definition) is 4. The number of aryl methyl sites for hydroxylation is 1. The Labute approximate surface area is 122 Å². The molecule has 0 aliphatic heterocycles. The Morgan fingerprint density at radius 1 is 1.05 bits per heavy atom. The van der Waals surface area contributed by atoms with E-state index in [0.29, 0.717) is 0 Å². The van der Waals surface area contributed by atoms with Crippen LogP contribution in [0.25, 0.3) is 0 Å². The van der Waals surface area contributed by atoms with E-state index in [4.69, 9.17) is 15.8 Å². The van der Waals surface area contributed by atoms with Crippen molar-refractivity contribution in [1.29, 1.82) is 0 Å². The predicted octanol–water partition coefficient (Wildman–Crippen LogP) is 3.14. The van der Waals surface area contributed by atoms with Crippen LogP contribution in [0.2, 0.25) is 0 Å². The largest absolute Gasteiger partial charge is 0.378 e. The summed E-state index contributed by atoms with van der Waals surface area (Å²) in [5, 5.41) is -0.778. The molecule has 104 valence electrons. The van der Waals surface area contributed by atoms with Crippen LogP contribution in [0.1, 0.15) is 15.9 Å². The van der Waals surface area contributed by atoms with E-state index in [-0.39, 0.29) is 16.2 Å². The van der Waals surface area contributed by atoms with Crippen molar-refractivity contribution in [1.82, 2.24) is 0 Å². The van der Waals surface area contributed by atoms with Gasteiger partial charge in [0.2, 0.25) is 0 Å². The maximum absolute atomic E-state index is 12.1. The molecule has 0 aliphatic rings. The monoisotopic (exact) mass is 310 g/mol. The van der Waals surface area contributed by atoms with Gasteiger partial charge in [0.25, 0.3) is 5.24 Å². The summed E-state index contributed by atoms with van der Waals surface area (Å²) in [6.45, 7) is 1.85. The molecule has 0 N–H and O–H groups in total. The van der Waals surface area contributed by atoms with E-state index in [1.807, 2.05) is 6.92 Å². The summed E-state index contributed by atoms with van der Waals surface area (Å²) in [6.07, 6.45) is 0. The molecule has 0 bridgehead atoms. The molecule has 0 unspecified atom stereocenters. The fraction of sp³-hybridized carbons (Fsp3) is 0.0714. The third-order valence-electron chi connectivity index (χ3n) is 2.61. The van der Waals surface area contributed by atoms with Crippen molar-refractivity contribution in [2.45, 2.75) is 11.8 Å². The van der Waals surface area contributed by atoms with Crippen LogP contribution in [0.3, 0.4) is 0 Å². The molecule has 0 fully saturated rings. The number of benzene rings is 2. The van der Waals surface area contributed by atoms with Gasteiger partial charge in [-0.15, -0.1) is 0 Å². The van der Waals surface area contributed by atoms with Gasteiger partial charge in [0.05, 0.1) is 5.56 Å². The maximum Gasteiger partial charge on any atom is 0.339 e. The average Bonchev–Trinajstić information content (AvgIpc) is 2.39. The fourth-order valence-corrected chi connectivity index (χ4v) is 2.68. The average molecular weight is 311 g/mol. The lowest BCUT2D eigenvalue weighted by atomic mass is 10.2. The van der Waals surface area contributed by atoms with Crippen LogP contribution in [-0.4, -0.2) is 13.7 Å². The Balaban J connectivity index is 2.38. The molecule has 2 rings (SSSR count). The predicted molar refractivity (Wildman–Crippen MR) is 75.6 cm³/mol. The third-order valence-corrected chi connectivity index (χ3v) is 4.06. The van der Waals surface area contributed by atoms with E-state index in [1.165, 1.54) is 24.3 Å². The quantitative estimate of drug-likeness (QED) is 0.643. The fourth-order valence-electron chi connectivity index (χ4n) is 1.57. The zero-order chi connectivity index (χ0) is 14.8. The molecule has 0 saturated heterocycles. The van der Waals surface area contributed by atoms with Gasteiger partial charge in [-0.1, -0.05) is 29.8 Å². The molecule has 0 amide bonds. The van der Waals surface area contributed by atoms with Crippen molar-refractivity contribution in [3.05, 3.63) is 59.7 Å². The van der Waals surface area contributed by atoms with Crippen LogP contribution in [0.4, 0.5) is 0 Å². The van der Waals surface area contributed by atoms with Crippen LogP contribution in [0.5, 0.6) is 5.75 Å². The topological polar surface area (TPSA) is 60.4 Å². The van der Waals surface area contributed by atoms with Crippen molar-refractivity contribution in [3.63, 3.8) is 0 Å². The Hall–Kier alpha value is -1.85. The van der Waals surface area contributed by atoms with E-state index in [2.05, 4.69) is 0 Å². The molecule has 0 aliphatic carbocycles.